The summed E-state index contributed by atoms with van der Waals surface area (Å²) in [4.78, 5) is 13.0. The first kappa shape index (κ1) is 32.2. The third-order valence-corrected chi connectivity index (χ3v) is 7.42. The van der Waals surface area contributed by atoms with Gasteiger partial charge in [0.2, 0.25) is 0 Å². The van der Waals surface area contributed by atoms with Gasteiger partial charge in [0.25, 0.3) is 5.69 Å². The van der Waals surface area contributed by atoms with Crippen LogP contribution in [0, 0.1) is 28.7 Å². The molecule has 0 aliphatic carbocycles. The van der Waals surface area contributed by atoms with Gasteiger partial charge in [-0.3, -0.25) is 10.1 Å². The summed E-state index contributed by atoms with van der Waals surface area (Å²) in [6.45, 7) is 8.44. The molecule has 0 atom stereocenters. The summed E-state index contributed by atoms with van der Waals surface area (Å²) in [6.07, 6.45) is 7.33. The Balaban J connectivity index is 1.54. The molecule has 0 aliphatic rings. The van der Waals surface area contributed by atoms with Crippen molar-refractivity contribution >= 4 is 11.4 Å². The van der Waals surface area contributed by atoms with Crippen LogP contribution in [0.2, 0.25) is 0 Å². The summed E-state index contributed by atoms with van der Waals surface area (Å²) < 4.78 is 40.3. The average molecular weight is 601 g/mol. The Bertz CT molecular complexity index is 1570. The molecule has 4 aromatic carbocycles. The van der Waals surface area contributed by atoms with Crippen LogP contribution in [-0.2, 0) is 19.5 Å². The molecule has 230 valence electrons. The number of nitrogens with zero attached hydrogens (tertiary/aromatic N) is 2. The van der Waals surface area contributed by atoms with Crippen LogP contribution < -0.4 is 14.4 Å². The first-order valence-corrected chi connectivity index (χ1v) is 14.8. The highest BCUT2D eigenvalue weighted by Crippen LogP contribution is 2.33. The van der Waals surface area contributed by atoms with Gasteiger partial charge in [-0.2, -0.15) is 0 Å². The lowest BCUT2D eigenvalue weighted by Crippen LogP contribution is -2.24. The number of nitro groups is 1. The van der Waals surface area contributed by atoms with Gasteiger partial charge in [-0.1, -0.05) is 69.2 Å². The topological polar surface area (TPSA) is 64.8 Å². The van der Waals surface area contributed by atoms with E-state index in [2.05, 4.69) is 13.5 Å². The molecule has 0 unspecified atom stereocenters. The maximum Gasteiger partial charge on any atom is 0.274 e. The Labute approximate surface area is 257 Å². The fourth-order valence-corrected chi connectivity index (χ4v) is 5.08. The Morgan fingerprint density at radius 3 is 2.36 bits per heavy atom. The smallest absolute Gasteiger partial charge is 0.274 e. The van der Waals surface area contributed by atoms with E-state index in [4.69, 9.17) is 9.47 Å². The third kappa shape index (κ3) is 8.66. The minimum absolute atomic E-state index is 0.0285. The van der Waals surface area contributed by atoms with Crippen molar-refractivity contribution in [3.05, 3.63) is 136 Å². The molecule has 0 saturated heterocycles. The minimum Gasteiger partial charge on any atom is -0.489 e. The quantitative estimate of drug-likeness (QED) is 0.0554. The predicted molar refractivity (Wildman–Crippen MR) is 171 cm³/mol. The van der Waals surface area contributed by atoms with Gasteiger partial charge in [0, 0.05) is 42.5 Å². The van der Waals surface area contributed by atoms with E-state index in [-0.39, 0.29) is 17.8 Å². The molecular formula is C36H38F2N2O4. The van der Waals surface area contributed by atoms with Crippen LogP contribution in [0.25, 0.3) is 0 Å². The Kier molecular flexibility index (Phi) is 11.5. The molecule has 0 aliphatic heterocycles. The second kappa shape index (κ2) is 15.7. The maximum absolute atomic E-state index is 14.6. The van der Waals surface area contributed by atoms with Gasteiger partial charge in [0.05, 0.1) is 10.5 Å². The van der Waals surface area contributed by atoms with Gasteiger partial charge in [0.15, 0.2) is 0 Å². The lowest BCUT2D eigenvalue weighted by molar-refractivity contribution is -0.385. The number of unbranched alkanes of at least 4 members (excludes halogenated alkanes) is 3. The van der Waals surface area contributed by atoms with Gasteiger partial charge < -0.3 is 14.4 Å². The molecule has 0 saturated carbocycles. The van der Waals surface area contributed by atoms with Crippen LogP contribution in [0.5, 0.6) is 17.2 Å². The lowest BCUT2D eigenvalue weighted by Gasteiger charge is -2.27. The van der Waals surface area contributed by atoms with E-state index < -0.39 is 16.6 Å². The van der Waals surface area contributed by atoms with Crippen molar-refractivity contribution < 1.29 is 23.2 Å². The molecule has 0 radical (unpaired) electrons. The first-order chi connectivity index (χ1) is 21.3. The zero-order valence-electron chi connectivity index (χ0n) is 25.2. The van der Waals surface area contributed by atoms with Gasteiger partial charge in [-0.05, 0) is 61.2 Å². The highest BCUT2D eigenvalue weighted by atomic mass is 19.1. The standard InChI is InChI=1S/C36H38F2N2O4/c1-4-6-7-8-10-28-16-20-32(23-36(28)43-21-5-2)44-31-18-13-27(14-19-31)24-39(25-29-15-17-30(37)22-33(29)38)34-11-9-12-35(26(34)3)40(41)42/h5,9,11-20,22-23H,2,4,6-8,10,21,24-25H2,1,3H3. The molecule has 0 fully saturated rings. The van der Waals surface area contributed by atoms with Crippen LogP contribution in [0.3, 0.4) is 0 Å². The molecule has 6 nitrogen and oxygen atoms in total. The average Bonchev–Trinajstić information content (AvgIpc) is 3.01. The summed E-state index contributed by atoms with van der Waals surface area (Å²) in [7, 11) is 0. The van der Waals surface area contributed by atoms with Crippen molar-refractivity contribution in [2.24, 2.45) is 0 Å². The normalized spacial score (nSPS) is 10.8. The summed E-state index contributed by atoms with van der Waals surface area (Å²) in [5.74, 6) is 0.717. The number of benzene rings is 4. The molecular weight excluding hydrogens is 562 g/mol. The minimum atomic E-state index is -0.676. The van der Waals surface area contributed by atoms with E-state index in [9.17, 15) is 18.9 Å². The van der Waals surface area contributed by atoms with E-state index in [0.29, 0.717) is 35.9 Å². The highest BCUT2D eigenvalue weighted by Gasteiger charge is 2.20. The molecule has 8 heteroatoms. The highest BCUT2D eigenvalue weighted by molar-refractivity contribution is 5.62. The summed E-state index contributed by atoms with van der Waals surface area (Å²) in [6, 6.07) is 21.6. The van der Waals surface area contributed by atoms with Gasteiger partial charge >= 0.3 is 0 Å². The van der Waals surface area contributed by atoms with Gasteiger partial charge in [-0.25, -0.2) is 8.78 Å². The largest absolute Gasteiger partial charge is 0.489 e. The van der Waals surface area contributed by atoms with Crippen LogP contribution >= 0.6 is 0 Å². The molecule has 0 bridgehead atoms. The first-order valence-electron chi connectivity index (χ1n) is 14.8. The van der Waals surface area contributed by atoms with E-state index in [1.54, 1.807) is 25.1 Å². The zero-order chi connectivity index (χ0) is 31.5. The van der Waals surface area contributed by atoms with Crippen LogP contribution in [-0.4, -0.2) is 11.5 Å². The maximum atomic E-state index is 14.6. The molecule has 0 spiro atoms. The number of anilines is 1. The third-order valence-electron chi connectivity index (χ3n) is 7.42. The van der Waals surface area contributed by atoms with Crippen LogP contribution in [0.15, 0.2) is 91.5 Å². The van der Waals surface area contributed by atoms with E-state index in [1.165, 1.54) is 37.5 Å². The van der Waals surface area contributed by atoms with E-state index in [0.717, 1.165) is 35.8 Å². The van der Waals surface area contributed by atoms with Crippen LogP contribution in [0.1, 0.15) is 54.9 Å². The molecule has 4 aromatic rings. The molecule has 0 amide bonds. The number of ether oxygens (including phenoxy) is 2. The molecule has 0 N–H and O–H groups in total. The van der Waals surface area contributed by atoms with Crippen molar-refractivity contribution in [1.29, 1.82) is 0 Å². The van der Waals surface area contributed by atoms with Crippen LogP contribution in [0.4, 0.5) is 20.2 Å². The Morgan fingerprint density at radius 1 is 0.909 bits per heavy atom. The lowest BCUT2D eigenvalue weighted by atomic mass is 10.1. The van der Waals surface area contributed by atoms with E-state index in [1.807, 2.05) is 47.4 Å². The Morgan fingerprint density at radius 2 is 1.66 bits per heavy atom. The molecule has 0 aromatic heterocycles. The SMILES string of the molecule is C=CCOc1cc(Oc2ccc(CN(Cc3ccc(F)cc3F)c3cccc([N+](=O)[O-])c3C)cc2)ccc1CCCCCC. The van der Waals surface area contributed by atoms with Gasteiger partial charge in [-0.15, -0.1) is 0 Å². The second-order valence-electron chi connectivity index (χ2n) is 10.7. The summed E-state index contributed by atoms with van der Waals surface area (Å²) in [5, 5.41) is 11.6. The summed E-state index contributed by atoms with van der Waals surface area (Å²) in [5.41, 5.74) is 3.32. The number of rotatable bonds is 16. The number of aryl methyl sites for hydroxylation is 1. The molecule has 0 heterocycles. The number of hydrogen-bond donors (Lipinski definition) is 0. The predicted octanol–water partition coefficient (Wildman–Crippen LogP) is 9.87. The number of nitro benzene ring substituents is 1. The second-order valence-corrected chi connectivity index (χ2v) is 10.7. The van der Waals surface area contributed by atoms with Crippen molar-refractivity contribution in [3.8, 4) is 17.2 Å². The van der Waals surface area contributed by atoms with Crippen molar-refractivity contribution in [1.82, 2.24) is 0 Å². The summed E-state index contributed by atoms with van der Waals surface area (Å²) >= 11 is 0. The zero-order valence-corrected chi connectivity index (χ0v) is 25.2. The van der Waals surface area contributed by atoms with E-state index >= 15 is 0 Å². The Hall–Kier alpha value is -4.72. The van der Waals surface area contributed by atoms with Crippen molar-refractivity contribution in [2.45, 2.75) is 59.0 Å². The van der Waals surface area contributed by atoms with Crippen molar-refractivity contribution in [2.75, 3.05) is 11.5 Å². The van der Waals surface area contributed by atoms with Crippen molar-refractivity contribution in [3.63, 3.8) is 0 Å². The van der Waals surface area contributed by atoms with Gasteiger partial charge in [0.1, 0.15) is 35.5 Å². The number of hydrogen-bond acceptors (Lipinski definition) is 5. The fourth-order valence-electron chi connectivity index (χ4n) is 5.08. The number of halogens is 2. The fraction of sp³-hybridized carbons (Fsp3) is 0.278. The molecule has 44 heavy (non-hydrogen) atoms. The monoisotopic (exact) mass is 600 g/mol. The molecule has 4 rings (SSSR count).